The van der Waals surface area contributed by atoms with E-state index in [0.29, 0.717) is 11.3 Å². The standard InChI is InChI=1S/C12H6F2N2/c13-10-5-4-8(6-11(10)14)12-3-1-2-9(7-15)16-12/h1-6H. The lowest BCUT2D eigenvalue weighted by Gasteiger charge is -2.01. The van der Waals surface area contributed by atoms with Crippen molar-refractivity contribution in [2.45, 2.75) is 0 Å². The highest BCUT2D eigenvalue weighted by Gasteiger charge is 2.05. The molecule has 2 aromatic rings. The summed E-state index contributed by atoms with van der Waals surface area (Å²) in [6, 6.07) is 10.2. The first-order chi connectivity index (χ1) is 7.70. The number of rotatable bonds is 1. The fraction of sp³-hybridized carbons (Fsp3) is 0. The molecule has 0 saturated heterocycles. The molecule has 0 aliphatic rings. The molecule has 1 aromatic carbocycles. The van der Waals surface area contributed by atoms with E-state index in [-0.39, 0.29) is 5.69 Å². The number of benzene rings is 1. The first-order valence-electron chi connectivity index (χ1n) is 4.53. The maximum Gasteiger partial charge on any atom is 0.159 e. The smallest absolute Gasteiger partial charge is 0.159 e. The number of nitriles is 1. The summed E-state index contributed by atoms with van der Waals surface area (Å²) in [5.74, 6) is -1.83. The Bertz CT molecular complexity index is 573. The van der Waals surface area contributed by atoms with Crippen LogP contribution in [0.5, 0.6) is 0 Å². The minimum atomic E-state index is -0.929. The van der Waals surface area contributed by atoms with Crippen LogP contribution in [0.15, 0.2) is 36.4 Å². The van der Waals surface area contributed by atoms with Gasteiger partial charge in [0.15, 0.2) is 11.6 Å². The molecule has 1 heterocycles. The predicted octanol–water partition coefficient (Wildman–Crippen LogP) is 2.90. The molecular weight excluding hydrogens is 210 g/mol. The van der Waals surface area contributed by atoms with Crippen molar-refractivity contribution in [2.75, 3.05) is 0 Å². The summed E-state index contributed by atoms with van der Waals surface area (Å²) < 4.78 is 25.7. The third-order valence-corrected chi connectivity index (χ3v) is 2.08. The van der Waals surface area contributed by atoms with Gasteiger partial charge in [0.1, 0.15) is 11.8 Å². The largest absolute Gasteiger partial charge is 0.237 e. The van der Waals surface area contributed by atoms with E-state index in [1.54, 1.807) is 18.2 Å². The molecule has 0 unspecified atom stereocenters. The molecule has 78 valence electrons. The van der Waals surface area contributed by atoms with Crippen LogP contribution in [-0.2, 0) is 0 Å². The Labute approximate surface area is 90.8 Å². The van der Waals surface area contributed by atoms with Gasteiger partial charge >= 0.3 is 0 Å². The van der Waals surface area contributed by atoms with Crippen molar-refractivity contribution in [2.24, 2.45) is 0 Å². The van der Waals surface area contributed by atoms with Crippen molar-refractivity contribution in [1.29, 1.82) is 5.26 Å². The summed E-state index contributed by atoms with van der Waals surface area (Å²) in [6.45, 7) is 0. The molecular formula is C12H6F2N2. The van der Waals surface area contributed by atoms with Gasteiger partial charge in [0, 0.05) is 5.56 Å². The van der Waals surface area contributed by atoms with Gasteiger partial charge in [-0.1, -0.05) is 6.07 Å². The molecule has 0 spiro atoms. The second-order valence-corrected chi connectivity index (χ2v) is 3.15. The van der Waals surface area contributed by atoms with Crippen LogP contribution in [0.1, 0.15) is 5.69 Å². The molecule has 0 radical (unpaired) electrons. The second-order valence-electron chi connectivity index (χ2n) is 3.15. The van der Waals surface area contributed by atoms with E-state index in [1.165, 1.54) is 6.07 Å². The van der Waals surface area contributed by atoms with Gasteiger partial charge in [-0.3, -0.25) is 0 Å². The van der Waals surface area contributed by atoms with Gasteiger partial charge in [-0.15, -0.1) is 0 Å². The first-order valence-corrected chi connectivity index (χ1v) is 4.53. The summed E-state index contributed by atoms with van der Waals surface area (Å²) >= 11 is 0. The van der Waals surface area contributed by atoms with Gasteiger partial charge < -0.3 is 0 Å². The van der Waals surface area contributed by atoms with Gasteiger partial charge in [0.25, 0.3) is 0 Å². The minimum Gasteiger partial charge on any atom is -0.237 e. The van der Waals surface area contributed by atoms with Crippen molar-refractivity contribution in [3.63, 3.8) is 0 Å². The Balaban J connectivity index is 2.51. The maximum absolute atomic E-state index is 13.0. The summed E-state index contributed by atoms with van der Waals surface area (Å²) in [4.78, 5) is 3.98. The second kappa shape index (κ2) is 4.07. The molecule has 0 fully saturated rings. The van der Waals surface area contributed by atoms with Crippen LogP contribution in [0, 0.1) is 23.0 Å². The Kier molecular flexibility index (Phi) is 2.61. The molecule has 0 amide bonds. The van der Waals surface area contributed by atoms with E-state index >= 15 is 0 Å². The van der Waals surface area contributed by atoms with E-state index in [2.05, 4.69) is 4.98 Å². The highest BCUT2D eigenvalue weighted by atomic mass is 19.2. The Morgan fingerprint density at radius 1 is 1.06 bits per heavy atom. The van der Waals surface area contributed by atoms with Crippen molar-refractivity contribution in [3.8, 4) is 17.3 Å². The monoisotopic (exact) mass is 216 g/mol. The topological polar surface area (TPSA) is 36.7 Å². The SMILES string of the molecule is N#Cc1cccc(-c2ccc(F)c(F)c2)n1. The fourth-order valence-electron chi connectivity index (χ4n) is 1.31. The summed E-state index contributed by atoms with van der Waals surface area (Å²) in [6.07, 6.45) is 0. The molecule has 2 nitrogen and oxygen atoms in total. The molecule has 16 heavy (non-hydrogen) atoms. The summed E-state index contributed by atoms with van der Waals surface area (Å²) in [5, 5.41) is 8.66. The number of hydrogen-bond donors (Lipinski definition) is 0. The zero-order valence-electron chi connectivity index (χ0n) is 8.11. The highest BCUT2D eigenvalue weighted by Crippen LogP contribution is 2.19. The van der Waals surface area contributed by atoms with E-state index in [4.69, 9.17) is 5.26 Å². The van der Waals surface area contributed by atoms with Gasteiger partial charge in [0.2, 0.25) is 0 Å². The normalized spacial score (nSPS) is 9.81. The van der Waals surface area contributed by atoms with Crippen LogP contribution >= 0.6 is 0 Å². The summed E-state index contributed by atoms with van der Waals surface area (Å²) in [5.41, 5.74) is 1.12. The van der Waals surface area contributed by atoms with Crippen molar-refractivity contribution in [1.82, 2.24) is 4.98 Å². The van der Waals surface area contributed by atoms with Crippen molar-refractivity contribution in [3.05, 3.63) is 53.7 Å². The van der Waals surface area contributed by atoms with Gasteiger partial charge in [0.05, 0.1) is 5.69 Å². The van der Waals surface area contributed by atoms with E-state index in [0.717, 1.165) is 12.1 Å². The Morgan fingerprint density at radius 2 is 1.88 bits per heavy atom. The molecule has 2 rings (SSSR count). The third-order valence-electron chi connectivity index (χ3n) is 2.08. The lowest BCUT2D eigenvalue weighted by molar-refractivity contribution is 0.509. The van der Waals surface area contributed by atoms with Crippen LogP contribution in [0.4, 0.5) is 8.78 Å². The fourth-order valence-corrected chi connectivity index (χ4v) is 1.31. The zero-order valence-corrected chi connectivity index (χ0v) is 8.11. The predicted molar refractivity (Wildman–Crippen MR) is 54.3 cm³/mol. The van der Waals surface area contributed by atoms with Crippen LogP contribution in [0.2, 0.25) is 0 Å². The number of pyridine rings is 1. The average Bonchev–Trinajstić information content (AvgIpc) is 2.33. The van der Waals surface area contributed by atoms with E-state index in [1.807, 2.05) is 6.07 Å². The molecule has 0 aliphatic carbocycles. The Morgan fingerprint density at radius 3 is 2.56 bits per heavy atom. The summed E-state index contributed by atoms with van der Waals surface area (Å²) in [7, 11) is 0. The maximum atomic E-state index is 13.0. The number of halogens is 2. The lowest BCUT2D eigenvalue weighted by Crippen LogP contribution is -1.89. The van der Waals surface area contributed by atoms with Crippen LogP contribution < -0.4 is 0 Å². The molecule has 4 heteroatoms. The molecule has 0 atom stereocenters. The zero-order chi connectivity index (χ0) is 11.5. The van der Waals surface area contributed by atoms with Crippen LogP contribution in [0.3, 0.4) is 0 Å². The number of hydrogen-bond acceptors (Lipinski definition) is 2. The molecule has 0 aliphatic heterocycles. The number of aromatic nitrogens is 1. The quantitative estimate of drug-likeness (QED) is 0.734. The van der Waals surface area contributed by atoms with Crippen LogP contribution in [-0.4, -0.2) is 4.98 Å². The van der Waals surface area contributed by atoms with Gasteiger partial charge in [-0.25, -0.2) is 13.8 Å². The van der Waals surface area contributed by atoms with Crippen molar-refractivity contribution >= 4 is 0 Å². The molecule has 0 saturated carbocycles. The minimum absolute atomic E-state index is 0.238. The van der Waals surface area contributed by atoms with E-state index in [9.17, 15) is 8.78 Å². The third kappa shape index (κ3) is 1.89. The number of nitrogens with zero attached hydrogens (tertiary/aromatic N) is 2. The Hall–Kier alpha value is -2.28. The molecule has 0 N–H and O–H groups in total. The first kappa shape index (κ1) is 10.2. The van der Waals surface area contributed by atoms with Crippen LogP contribution in [0.25, 0.3) is 11.3 Å². The highest BCUT2D eigenvalue weighted by molar-refractivity contribution is 5.59. The van der Waals surface area contributed by atoms with E-state index < -0.39 is 11.6 Å². The lowest BCUT2D eigenvalue weighted by atomic mass is 10.1. The molecule has 0 bridgehead atoms. The van der Waals surface area contributed by atoms with Gasteiger partial charge in [-0.2, -0.15) is 5.26 Å². The van der Waals surface area contributed by atoms with Gasteiger partial charge in [-0.05, 0) is 30.3 Å². The average molecular weight is 216 g/mol. The molecule has 1 aromatic heterocycles. The van der Waals surface area contributed by atoms with Crippen molar-refractivity contribution < 1.29 is 8.78 Å².